The van der Waals surface area contributed by atoms with Gasteiger partial charge in [-0.05, 0) is 26.0 Å². The van der Waals surface area contributed by atoms with Crippen molar-refractivity contribution < 1.29 is 32.4 Å². The quantitative estimate of drug-likeness (QED) is 0.275. The molecule has 0 amide bonds. The van der Waals surface area contributed by atoms with Gasteiger partial charge in [-0.2, -0.15) is 8.42 Å². The maximum absolute atomic E-state index is 11.9. The highest BCUT2D eigenvalue weighted by molar-refractivity contribution is 7.86. The lowest BCUT2D eigenvalue weighted by molar-refractivity contribution is -0.140. The molecule has 1 aromatic rings. The van der Waals surface area contributed by atoms with E-state index < -0.39 is 33.4 Å². The highest BCUT2D eigenvalue weighted by atomic mass is 32.2. The molecule has 0 fully saturated rings. The molecule has 2 N–H and O–H groups in total. The minimum absolute atomic E-state index is 0.197. The third-order valence-corrected chi connectivity index (χ3v) is 3.64. The Kier molecular flexibility index (Phi) is 4.51. The first-order valence-corrected chi connectivity index (χ1v) is 6.74. The summed E-state index contributed by atoms with van der Waals surface area (Å²) in [7, 11) is -4.27. The minimum Gasteiger partial charge on any atom is -0.477 e. The van der Waals surface area contributed by atoms with Gasteiger partial charge in [-0.3, -0.25) is 0 Å². The second-order valence-corrected chi connectivity index (χ2v) is 5.44. The Morgan fingerprint density at radius 1 is 1.05 bits per heavy atom. The van der Waals surface area contributed by atoms with Crippen molar-refractivity contribution >= 4 is 22.1 Å². The SMILES string of the molecule is CC(OS(=O)(=O)c1ccc(C)cc1)=C(C(=O)O)C(=O)O. The van der Waals surface area contributed by atoms with Gasteiger partial charge in [0.25, 0.3) is 0 Å². The number of carboxylic acids is 2. The summed E-state index contributed by atoms with van der Waals surface area (Å²) in [5.41, 5.74) is -0.311. The van der Waals surface area contributed by atoms with Crippen LogP contribution in [0.15, 0.2) is 40.5 Å². The van der Waals surface area contributed by atoms with E-state index in [2.05, 4.69) is 4.18 Å². The number of allylic oxidation sites excluding steroid dienone is 1. The van der Waals surface area contributed by atoms with E-state index in [1.165, 1.54) is 24.3 Å². The molecular weight excluding hydrogens is 288 g/mol. The molecule has 0 atom stereocenters. The van der Waals surface area contributed by atoms with Gasteiger partial charge in [0.1, 0.15) is 10.7 Å². The van der Waals surface area contributed by atoms with Crippen molar-refractivity contribution in [3.05, 3.63) is 41.2 Å². The largest absolute Gasteiger partial charge is 0.477 e. The number of carbonyl (C=O) groups is 2. The lowest BCUT2D eigenvalue weighted by atomic mass is 10.2. The van der Waals surface area contributed by atoms with E-state index in [1.54, 1.807) is 6.92 Å². The van der Waals surface area contributed by atoms with Gasteiger partial charge in [-0.15, -0.1) is 0 Å². The summed E-state index contributed by atoms with van der Waals surface area (Å²) in [4.78, 5) is 21.3. The van der Waals surface area contributed by atoms with Gasteiger partial charge in [0, 0.05) is 0 Å². The number of hydrogen-bond acceptors (Lipinski definition) is 5. The summed E-state index contributed by atoms with van der Waals surface area (Å²) in [5.74, 6) is -4.28. The van der Waals surface area contributed by atoms with E-state index >= 15 is 0 Å². The Labute approximate surface area is 115 Å². The molecule has 0 aliphatic rings. The van der Waals surface area contributed by atoms with Crippen LogP contribution in [0.3, 0.4) is 0 Å². The third-order valence-electron chi connectivity index (χ3n) is 2.32. The van der Waals surface area contributed by atoms with Gasteiger partial charge < -0.3 is 14.4 Å². The fraction of sp³-hybridized carbons (Fsp3) is 0.167. The predicted molar refractivity (Wildman–Crippen MR) is 67.4 cm³/mol. The van der Waals surface area contributed by atoms with E-state index in [4.69, 9.17) is 10.2 Å². The second kappa shape index (κ2) is 5.74. The topological polar surface area (TPSA) is 118 Å². The van der Waals surface area contributed by atoms with Gasteiger partial charge in [0.2, 0.25) is 0 Å². The Bertz CT molecular complexity index is 652. The lowest BCUT2D eigenvalue weighted by Crippen LogP contribution is -2.16. The molecule has 0 saturated heterocycles. The first-order chi connectivity index (χ1) is 9.15. The second-order valence-electron chi connectivity index (χ2n) is 3.89. The van der Waals surface area contributed by atoms with Crippen molar-refractivity contribution in [1.29, 1.82) is 0 Å². The van der Waals surface area contributed by atoms with Gasteiger partial charge >= 0.3 is 22.1 Å². The number of benzene rings is 1. The van der Waals surface area contributed by atoms with Crippen LogP contribution in [-0.2, 0) is 23.9 Å². The van der Waals surface area contributed by atoms with E-state index in [0.717, 1.165) is 12.5 Å². The number of aryl methyl sites for hydroxylation is 1. The Morgan fingerprint density at radius 3 is 1.90 bits per heavy atom. The molecule has 7 nitrogen and oxygen atoms in total. The smallest absolute Gasteiger partial charge is 0.346 e. The summed E-state index contributed by atoms with van der Waals surface area (Å²) >= 11 is 0. The third kappa shape index (κ3) is 3.58. The molecule has 108 valence electrons. The summed E-state index contributed by atoms with van der Waals surface area (Å²) < 4.78 is 28.3. The summed E-state index contributed by atoms with van der Waals surface area (Å²) in [5, 5.41) is 17.4. The van der Waals surface area contributed by atoms with Gasteiger partial charge in [0.15, 0.2) is 5.57 Å². The van der Waals surface area contributed by atoms with Gasteiger partial charge in [-0.1, -0.05) is 17.7 Å². The molecular formula is C12H12O7S. The van der Waals surface area contributed by atoms with Gasteiger partial charge in [0.05, 0.1) is 0 Å². The monoisotopic (exact) mass is 300 g/mol. The van der Waals surface area contributed by atoms with E-state index in [1.807, 2.05) is 0 Å². The van der Waals surface area contributed by atoms with Crippen LogP contribution < -0.4 is 0 Å². The van der Waals surface area contributed by atoms with Crippen molar-refractivity contribution in [3.8, 4) is 0 Å². The summed E-state index contributed by atoms with van der Waals surface area (Å²) in [6.45, 7) is 2.72. The predicted octanol–water partition coefficient (Wildman–Crippen LogP) is 1.14. The highest BCUT2D eigenvalue weighted by Crippen LogP contribution is 2.18. The maximum Gasteiger partial charge on any atom is 0.346 e. The van der Waals surface area contributed by atoms with Crippen LogP contribution in [0.25, 0.3) is 0 Å². The van der Waals surface area contributed by atoms with Crippen molar-refractivity contribution in [2.75, 3.05) is 0 Å². The van der Waals surface area contributed by atoms with Crippen LogP contribution in [0.4, 0.5) is 0 Å². The van der Waals surface area contributed by atoms with Crippen LogP contribution in [0.1, 0.15) is 12.5 Å². The van der Waals surface area contributed by atoms with Crippen LogP contribution in [-0.4, -0.2) is 30.6 Å². The molecule has 0 bridgehead atoms. The standard InChI is InChI=1S/C12H12O7S/c1-7-3-5-9(6-4-7)20(17,18)19-8(2)10(11(13)14)12(15)16/h3-6H,1-2H3,(H,13,14)(H,15,16). The Hall–Kier alpha value is -2.35. The Morgan fingerprint density at radius 2 is 1.50 bits per heavy atom. The van der Waals surface area contributed by atoms with Crippen LogP contribution in [0, 0.1) is 6.92 Å². The van der Waals surface area contributed by atoms with Crippen molar-refractivity contribution in [2.45, 2.75) is 18.7 Å². The number of hydrogen-bond donors (Lipinski definition) is 2. The molecule has 0 aromatic heterocycles. The molecule has 0 aliphatic carbocycles. The molecule has 0 radical (unpaired) electrons. The minimum atomic E-state index is -4.27. The molecule has 1 rings (SSSR count). The number of carboxylic acid groups (broad SMARTS) is 2. The lowest BCUT2D eigenvalue weighted by Gasteiger charge is -2.08. The van der Waals surface area contributed by atoms with Crippen LogP contribution >= 0.6 is 0 Å². The Balaban J connectivity index is 3.19. The molecule has 0 unspecified atom stereocenters. The normalized spacial score (nSPS) is 10.7. The average molecular weight is 300 g/mol. The molecule has 0 spiro atoms. The first kappa shape index (κ1) is 15.7. The molecule has 0 saturated carbocycles. The maximum atomic E-state index is 11.9. The average Bonchev–Trinajstić information content (AvgIpc) is 2.27. The molecule has 1 aromatic carbocycles. The zero-order valence-corrected chi connectivity index (χ0v) is 11.5. The van der Waals surface area contributed by atoms with E-state index in [9.17, 15) is 18.0 Å². The van der Waals surface area contributed by atoms with E-state index in [0.29, 0.717) is 0 Å². The molecule has 0 heterocycles. The van der Waals surface area contributed by atoms with Crippen LogP contribution in [0.2, 0.25) is 0 Å². The number of aliphatic carboxylic acids is 2. The van der Waals surface area contributed by atoms with Gasteiger partial charge in [-0.25, -0.2) is 9.59 Å². The zero-order chi connectivity index (χ0) is 15.5. The highest BCUT2D eigenvalue weighted by Gasteiger charge is 2.25. The van der Waals surface area contributed by atoms with Crippen molar-refractivity contribution in [2.24, 2.45) is 0 Å². The molecule has 20 heavy (non-hydrogen) atoms. The summed E-state index contributed by atoms with van der Waals surface area (Å²) in [6, 6.07) is 5.62. The molecule has 0 aliphatic heterocycles. The zero-order valence-electron chi connectivity index (χ0n) is 10.7. The fourth-order valence-electron chi connectivity index (χ4n) is 1.35. The fourth-order valence-corrected chi connectivity index (χ4v) is 2.33. The number of rotatable bonds is 5. The van der Waals surface area contributed by atoms with E-state index in [-0.39, 0.29) is 4.90 Å². The first-order valence-electron chi connectivity index (χ1n) is 5.34. The molecule has 8 heteroatoms. The summed E-state index contributed by atoms with van der Waals surface area (Å²) in [6.07, 6.45) is 0. The van der Waals surface area contributed by atoms with Crippen LogP contribution in [0.5, 0.6) is 0 Å². The van der Waals surface area contributed by atoms with Crippen molar-refractivity contribution in [3.63, 3.8) is 0 Å². The van der Waals surface area contributed by atoms with Crippen molar-refractivity contribution in [1.82, 2.24) is 0 Å².